The van der Waals surface area contributed by atoms with E-state index in [0.717, 1.165) is 26.2 Å². The molecule has 1 aliphatic rings. The summed E-state index contributed by atoms with van der Waals surface area (Å²) in [5.41, 5.74) is 2.55. The predicted octanol–water partition coefficient (Wildman–Crippen LogP) is 2.10. The second kappa shape index (κ2) is 6.55. The highest BCUT2D eigenvalue weighted by Gasteiger charge is 2.16. The molecule has 0 spiro atoms. The Hall–Kier alpha value is -1.35. The van der Waals surface area contributed by atoms with E-state index in [1.54, 1.807) is 0 Å². The number of nitrogens with zero attached hydrogens (tertiary/aromatic N) is 1. The lowest BCUT2D eigenvalue weighted by molar-refractivity contribution is -0.130. The van der Waals surface area contributed by atoms with Gasteiger partial charge in [-0.25, -0.2) is 0 Å². The quantitative estimate of drug-likeness (QED) is 0.807. The van der Waals surface area contributed by atoms with Gasteiger partial charge in [0.15, 0.2) is 0 Å². The van der Waals surface area contributed by atoms with E-state index < -0.39 is 0 Å². The molecule has 2 rings (SSSR count). The Kier molecular flexibility index (Phi) is 4.76. The summed E-state index contributed by atoms with van der Waals surface area (Å²) in [4.78, 5) is 13.8. The number of carbonyl (C=O) groups excluding carboxylic acids is 1. The summed E-state index contributed by atoms with van der Waals surface area (Å²) in [7, 11) is 0. The fourth-order valence-electron chi connectivity index (χ4n) is 2.26. The van der Waals surface area contributed by atoms with Crippen molar-refractivity contribution in [3.8, 4) is 0 Å². The first-order chi connectivity index (χ1) is 8.75. The first-order valence-electron chi connectivity index (χ1n) is 6.80. The number of hydrogen-bond donors (Lipinski definition) is 1. The van der Waals surface area contributed by atoms with Crippen LogP contribution in [0.4, 0.5) is 0 Å². The molecule has 0 unspecified atom stereocenters. The van der Waals surface area contributed by atoms with E-state index in [1.807, 2.05) is 4.90 Å². The summed E-state index contributed by atoms with van der Waals surface area (Å²) in [5.74, 6) is 0.295. The predicted molar refractivity (Wildman–Crippen MR) is 73.3 cm³/mol. The molecule has 0 aromatic heterocycles. The molecule has 0 saturated carbocycles. The van der Waals surface area contributed by atoms with E-state index in [-0.39, 0.29) is 0 Å². The molecule has 0 aliphatic carbocycles. The molecule has 0 atom stereocenters. The van der Waals surface area contributed by atoms with Crippen molar-refractivity contribution in [2.75, 3.05) is 19.6 Å². The van der Waals surface area contributed by atoms with Crippen molar-refractivity contribution >= 4 is 5.91 Å². The minimum absolute atomic E-state index is 0.295. The van der Waals surface area contributed by atoms with Crippen LogP contribution < -0.4 is 5.32 Å². The molecule has 98 valence electrons. The van der Waals surface area contributed by atoms with Gasteiger partial charge >= 0.3 is 0 Å². The van der Waals surface area contributed by atoms with Crippen molar-refractivity contribution < 1.29 is 4.79 Å². The van der Waals surface area contributed by atoms with Gasteiger partial charge in [0.2, 0.25) is 5.91 Å². The minimum Gasteiger partial charge on any atom is -0.343 e. The molecule has 1 saturated heterocycles. The van der Waals surface area contributed by atoms with E-state index in [0.29, 0.717) is 12.3 Å². The molecule has 0 radical (unpaired) electrons. The maximum Gasteiger partial charge on any atom is 0.223 e. The van der Waals surface area contributed by atoms with Crippen LogP contribution in [0, 0.1) is 6.92 Å². The summed E-state index contributed by atoms with van der Waals surface area (Å²) < 4.78 is 0. The molecule has 18 heavy (non-hydrogen) atoms. The summed E-state index contributed by atoms with van der Waals surface area (Å²) in [6, 6.07) is 8.49. The van der Waals surface area contributed by atoms with Crippen LogP contribution >= 0.6 is 0 Å². The van der Waals surface area contributed by atoms with Gasteiger partial charge < -0.3 is 10.2 Å². The number of benzene rings is 1. The van der Waals surface area contributed by atoms with Gasteiger partial charge in [0.25, 0.3) is 0 Å². The van der Waals surface area contributed by atoms with E-state index in [4.69, 9.17) is 0 Å². The Labute approximate surface area is 109 Å². The Bertz CT molecular complexity index is 380. The van der Waals surface area contributed by atoms with Crippen molar-refractivity contribution in [2.45, 2.75) is 32.7 Å². The van der Waals surface area contributed by atoms with Gasteiger partial charge in [0, 0.05) is 32.6 Å². The zero-order valence-corrected chi connectivity index (χ0v) is 11.1. The van der Waals surface area contributed by atoms with E-state index in [2.05, 4.69) is 36.5 Å². The van der Waals surface area contributed by atoms with E-state index >= 15 is 0 Å². The monoisotopic (exact) mass is 246 g/mol. The average Bonchev–Trinajstić information content (AvgIpc) is 2.90. The normalized spacial score (nSPS) is 15.1. The number of likely N-dealkylation sites (tertiary alicyclic amines) is 1. The van der Waals surface area contributed by atoms with Gasteiger partial charge in [-0.1, -0.05) is 29.8 Å². The highest BCUT2D eigenvalue weighted by molar-refractivity contribution is 5.76. The fourth-order valence-corrected chi connectivity index (χ4v) is 2.26. The fraction of sp³-hybridized carbons (Fsp3) is 0.533. The zero-order chi connectivity index (χ0) is 12.8. The first kappa shape index (κ1) is 13.1. The van der Waals surface area contributed by atoms with E-state index in [1.165, 1.54) is 24.0 Å². The number of nitrogens with one attached hydrogen (secondary N) is 1. The molecule has 1 N–H and O–H groups in total. The molecule has 1 amide bonds. The van der Waals surface area contributed by atoms with E-state index in [9.17, 15) is 4.79 Å². The van der Waals surface area contributed by atoms with Crippen LogP contribution in [0.2, 0.25) is 0 Å². The lowest BCUT2D eigenvalue weighted by Crippen LogP contribution is -2.30. The largest absolute Gasteiger partial charge is 0.343 e. The topological polar surface area (TPSA) is 32.3 Å². The van der Waals surface area contributed by atoms with Crippen molar-refractivity contribution in [3.63, 3.8) is 0 Å². The van der Waals surface area contributed by atoms with Crippen LogP contribution in [0.25, 0.3) is 0 Å². The minimum atomic E-state index is 0.295. The highest BCUT2D eigenvalue weighted by Crippen LogP contribution is 2.08. The molecule has 1 fully saturated rings. The number of hydrogen-bond acceptors (Lipinski definition) is 2. The average molecular weight is 246 g/mol. The molecule has 1 aromatic carbocycles. The SMILES string of the molecule is Cc1ccc(CNCCC(=O)N2CCCC2)cc1. The van der Waals surface area contributed by atoms with Crippen molar-refractivity contribution in [3.05, 3.63) is 35.4 Å². The van der Waals surface area contributed by atoms with Crippen molar-refractivity contribution in [1.29, 1.82) is 0 Å². The van der Waals surface area contributed by atoms with Crippen LogP contribution in [0.3, 0.4) is 0 Å². The first-order valence-corrected chi connectivity index (χ1v) is 6.80. The number of carbonyl (C=O) groups is 1. The number of rotatable bonds is 5. The maximum atomic E-state index is 11.8. The second-order valence-electron chi connectivity index (χ2n) is 5.00. The summed E-state index contributed by atoms with van der Waals surface area (Å²) in [6.45, 7) is 5.61. The van der Waals surface area contributed by atoms with Crippen LogP contribution in [0.5, 0.6) is 0 Å². The lowest BCUT2D eigenvalue weighted by atomic mass is 10.1. The van der Waals surface area contributed by atoms with Crippen LogP contribution in [0.15, 0.2) is 24.3 Å². The Morgan fingerprint density at radius 2 is 1.89 bits per heavy atom. The Morgan fingerprint density at radius 1 is 1.22 bits per heavy atom. The standard InChI is InChI=1S/C15H22N2O/c1-13-4-6-14(7-5-13)12-16-9-8-15(18)17-10-2-3-11-17/h4-7,16H,2-3,8-12H2,1H3. The number of aryl methyl sites for hydroxylation is 1. The maximum absolute atomic E-state index is 11.8. The highest BCUT2D eigenvalue weighted by atomic mass is 16.2. The van der Waals surface area contributed by atoms with Crippen LogP contribution in [0.1, 0.15) is 30.4 Å². The van der Waals surface area contributed by atoms with Crippen molar-refractivity contribution in [1.82, 2.24) is 10.2 Å². The van der Waals surface area contributed by atoms with Gasteiger partial charge in [0.1, 0.15) is 0 Å². The number of amides is 1. The smallest absolute Gasteiger partial charge is 0.223 e. The molecule has 3 heteroatoms. The molecule has 1 heterocycles. The second-order valence-corrected chi connectivity index (χ2v) is 5.00. The van der Waals surface area contributed by atoms with Gasteiger partial charge in [0.05, 0.1) is 0 Å². The van der Waals surface area contributed by atoms with Gasteiger partial charge in [-0.3, -0.25) is 4.79 Å². The Morgan fingerprint density at radius 3 is 2.56 bits per heavy atom. The summed E-state index contributed by atoms with van der Waals surface area (Å²) in [6.07, 6.45) is 2.96. The third-order valence-electron chi connectivity index (χ3n) is 3.42. The molecular formula is C15H22N2O. The van der Waals surface area contributed by atoms with Crippen molar-refractivity contribution in [2.24, 2.45) is 0 Å². The molecule has 1 aromatic rings. The van der Waals surface area contributed by atoms with Gasteiger partial charge in [-0.05, 0) is 25.3 Å². The summed E-state index contributed by atoms with van der Waals surface area (Å²) in [5, 5.41) is 3.33. The summed E-state index contributed by atoms with van der Waals surface area (Å²) >= 11 is 0. The molecule has 1 aliphatic heterocycles. The third kappa shape index (κ3) is 3.84. The van der Waals surface area contributed by atoms with Gasteiger partial charge in [-0.15, -0.1) is 0 Å². The van der Waals surface area contributed by atoms with Crippen LogP contribution in [-0.4, -0.2) is 30.4 Å². The lowest BCUT2D eigenvalue weighted by Gasteiger charge is -2.15. The third-order valence-corrected chi connectivity index (χ3v) is 3.42. The molecule has 0 bridgehead atoms. The zero-order valence-electron chi connectivity index (χ0n) is 11.1. The molecule has 3 nitrogen and oxygen atoms in total. The molecular weight excluding hydrogens is 224 g/mol. The van der Waals surface area contributed by atoms with Gasteiger partial charge in [-0.2, -0.15) is 0 Å². The van der Waals surface area contributed by atoms with Crippen LogP contribution in [-0.2, 0) is 11.3 Å². The Balaban J connectivity index is 1.63.